The second kappa shape index (κ2) is 14.1. The van der Waals surface area contributed by atoms with Crippen molar-refractivity contribution >= 4 is 30.4 Å². The van der Waals surface area contributed by atoms with Crippen LogP contribution in [0.1, 0.15) is 0 Å². The zero-order chi connectivity index (χ0) is 21.7. The molecule has 0 saturated carbocycles. The average Bonchev–Trinajstić information content (AvgIpc) is 2.80. The van der Waals surface area contributed by atoms with Crippen LogP contribution in [0.2, 0.25) is 0 Å². The summed E-state index contributed by atoms with van der Waals surface area (Å²) in [5, 5.41) is 11.2. The van der Waals surface area contributed by atoms with E-state index < -0.39 is 60.3 Å². The quantitative estimate of drug-likeness (QED) is 0.117. The third-order valence-electron chi connectivity index (χ3n) is 3.49. The number of β-amino-alcohol motifs (C(OH)–C–C–N with tert-alkyl or cyclic N) is 2. The molecule has 1 aliphatic rings. The van der Waals surface area contributed by atoms with Gasteiger partial charge in [-0.25, -0.2) is 0 Å². The maximum Gasteiger partial charge on any atom is 1.00 e. The topological polar surface area (TPSA) is 288 Å². The molecule has 0 bridgehead atoms. The van der Waals surface area contributed by atoms with E-state index >= 15 is 0 Å². The van der Waals surface area contributed by atoms with Gasteiger partial charge in [-0.1, -0.05) is 0 Å². The Hall–Kier alpha value is 3.86. The zero-order valence-electron chi connectivity index (χ0n) is 16.9. The second-order valence-corrected chi connectivity index (χ2v) is 13.4. The molecule has 0 fully saturated rings. The largest absolute Gasteiger partial charge is 1.00 e. The molecule has 6 N–H and O–H groups in total. The number of nitrogens with zero attached hydrogens (tertiary/aromatic N) is 2. The standard InChI is InChI=1S/C7H18N2O14P4.4Na/c10-6(24(12,13)14,25(15,16)17)3-8-1-2-9(5-8)4-7(11,26(18,19)20)27(21,22)23;;;;/h1-2,10-11H,3-5H2,(H2,12,13,14)(H2,15,16,17)(H2,18,19,20)(H2,21,22,23);;;;/q;4*+1/p-4. The van der Waals surface area contributed by atoms with Gasteiger partial charge in [-0.15, -0.1) is 0 Å². The normalized spacial score (nSPS) is 24.7. The van der Waals surface area contributed by atoms with E-state index in [1.807, 2.05) is 0 Å². The van der Waals surface area contributed by atoms with Crippen molar-refractivity contribution in [1.29, 1.82) is 0 Å². The van der Waals surface area contributed by atoms with Crippen LogP contribution < -0.4 is 138 Å². The monoisotopic (exact) mass is 566 g/mol. The molecule has 1 aliphatic heterocycles. The van der Waals surface area contributed by atoms with E-state index in [0.717, 1.165) is 12.4 Å². The molecule has 0 aromatic heterocycles. The first-order valence-corrected chi connectivity index (χ1v) is 12.7. The van der Waals surface area contributed by atoms with Crippen molar-refractivity contribution in [3.63, 3.8) is 0 Å². The predicted octanol–water partition coefficient (Wildman–Crippen LogP) is -17.5. The number of hydrogen-bond donors (Lipinski definition) is 6. The molecule has 0 amide bonds. The van der Waals surface area contributed by atoms with Gasteiger partial charge in [-0.2, -0.15) is 0 Å². The van der Waals surface area contributed by atoms with Gasteiger partial charge in [0, 0.05) is 12.4 Å². The molecule has 160 valence electrons. The maximum absolute atomic E-state index is 11.1. The van der Waals surface area contributed by atoms with Gasteiger partial charge < -0.3 is 77.4 Å². The van der Waals surface area contributed by atoms with Crippen LogP contribution in [-0.2, 0) is 18.3 Å². The van der Waals surface area contributed by atoms with E-state index in [1.54, 1.807) is 0 Å². The minimum absolute atomic E-state index is 0. The van der Waals surface area contributed by atoms with Crippen LogP contribution in [-0.4, -0.2) is 69.5 Å². The molecule has 0 saturated heterocycles. The third kappa shape index (κ3) is 9.92. The van der Waals surface area contributed by atoms with Gasteiger partial charge in [0.25, 0.3) is 0 Å². The zero-order valence-corrected chi connectivity index (χ0v) is 28.5. The summed E-state index contributed by atoms with van der Waals surface area (Å²) in [6, 6.07) is 0. The Labute approximate surface area is 264 Å². The van der Waals surface area contributed by atoms with Gasteiger partial charge in [0.05, 0.1) is 19.8 Å². The van der Waals surface area contributed by atoms with E-state index in [-0.39, 0.29) is 118 Å². The van der Waals surface area contributed by atoms with Crippen molar-refractivity contribution in [2.45, 2.75) is 10.2 Å². The molecule has 1 rings (SSSR count). The van der Waals surface area contributed by atoms with E-state index in [4.69, 9.17) is 19.6 Å². The summed E-state index contributed by atoms with van der Waals surface area (Å²) in [5.41, 5.74) is 0. The molecular weight excluding hydrogens is 552 g/mol. The van der Waals surface area contributed by atoms with Gasteiger partial charge in [0.15, 0.2) is 30.4 Å². The average molecular weight is 566 g/mol. The van der Waals surface area contributed by atoms with Crippen LogP contribution in [0.4, 0.5) is 0 Å². The number of hydrogen-bond acceptors (Lipinski definition) is 12. The summed E-state index contributed by atoms with van der Waals surface area (Å²) in [6.45, 7) is -3.81. The minimum atomic E-state index is -6.11. The Morgan fingerprint density at radius 1 is 0.645 bits per heavy atom. The Morgan fingerprint density at radius 2 is 0.839 bits per heavy atom. The minimum Gasteiger partial charge on any atom is -0.776 e. The summed E-state index contributed by atoms with van der Waals surface area (Å²) in [4.78, 5) is 81.2. The van der Waals surface area contributed by atoms with Crippen molar-refractivity contribution < 1.29 is 186 Å². The first-order chi connectivity index (χ1) is 11.7. The van der Waals surface area contributed by atoms with Crippen LogP contribution in [0.5, 0.6) is 0 Å². The number of aliphatic hydroxyl groups is 2. The Bertz CT molecular complexity index is 696. The smallest absolute Gasteiger partial charge is 0.776 e. The molecule has 0 aromatic rings. The van der Waals surface area contributed by atoms with Gasteiger partial charge in [0.2, 0.25) is 10.2 Å². The summed E-state index contributed by atoms with van der Waals surface area (Å²) in [7, 11) is -24.4. The van der Waals surface area contributed by atoms with Gasteiger partial charge in [-0.3, -0.25) is 0 Å². The fourth-order valence-corrected chi connectivity index (χ4v) is 5.94. The van der Waals surface area contributed by atoms with E-state index in [0.29, 0.717) is 9.80 Å². The molecule has 0 radical (unpaired) electrons. The summed E-state index contributed by atoms with van der Waals surface area (Å²) in [5.74, 6) is 0. The Kier molecular flexibility index (Phi) is 19.1. The van der Waals surface area contributed by atoms with Gasteiger partial charge in [-0.05, 0) is 0 Å². The molecule has 31 heavy (non-hydrogen) atoms. The van der Waals surface area contributed by atoms with Gasteiger partial charge in [0.1, 0.15) is 0 Å². The Morgan fingerprint density at radius 3 is 1.00 bits per heavy atom. The Balaban J connectivity index is -0.000000911. The van der Waals surface area contributed by atoms with Crippen molar-refractivity contribution in [2.75, 3.05) is 19.8 Å². The van der Waals surface area contributed by atoms with E-state index in [9.17, 15) is 48.0 Å². The predicted molar refractivity (Wildman–Crippen MR) is 76.6 cm³/mol. The fourth-order valence-electron chi connectivity index (χ4n) is 1.94. The van der Waals surface area contributed by atoms with Gasteiger partial charge >= 0.3 is 118 Å². The summed E-state index contributed by atoms with van der Waals surface area (Å²) < 4.78 is 44.5. The molecule has 24 heteroatoms. The van der Waals surface area contributed by atoms with Crippen molar-refractivity contribution in [3.8, 4) is 0 Å². The third-order valence-corrected chi connectivity index (χ3v) is 10.7. The van der Waals surface area contributed by atoms with Crippen LogP contribution in [0.3, 0.4) is 0 Å². The van der Waals surface area contributed by atoms with Crippen molar-refractivity contribution in [2.24, 2.45) is 0 Å². The molecule has 0 aliphatic carbocycles. The molecule has 0 spiro atoms. The summed E-state index contributed by atoms with van der Waals surface area (Å²) >= 11 is 0. The summed E-state index contributed by atoms with van der Waals surface area (Å²) in [6.07, 6.45) is 1.52. The van der Waals surface area contributed by atoms with Crippen molar-refractivity contribution in [1.82, 2.24) is 9.80 Å². The van der Waals surface area contributed by atoms with E-state index in [1.165, 1.54) is 0 Å². The SMILES string of the molecule is O=P([O-])(O)C(O)(CN1C=CN(CC(O)(P(=O)([O-])O)P(=O)([O-])O)C1)P(=O)([O-])O.[Na+].[Na+].[Na+].[Na+]. The number of rotatable bonds is 8. The molecule has 4 atom stereocenters. The van der Waals surface area contributed by atoms with E-state index in [2.05, 4.69) is 0 Å². The molecule has 16 nitrogen and oxygen atoms in total. The maximum atomic E-state index is 11.1. The fraction of sp³-hybridized carbons (Fsp3) is 0.714. The van der Waals surface area contributed by atoms with Crippen LogP contribution in [0.15, 0.2) is 12.4 Å². The van der Waals surface area contributed by atoms with Crippen molar-refractivity contribution in [3.05, 3.63) is 12.4 Å². The second-order valence-electron chi connectivity index (χ2n) is 5.56. The van der Waals surface area contributed by atoms with Crippen LogP contribution in [0, 0.1) is 0 Å². The molecule has 4 unspecified atom stereocenters. The molecule has 1 heterocycles. The van der Waals surface area contributed by atoms with Crippen LogP contribution in [0.25, 0.3) is 0 Å². The first kappa shape index (κ1) is 42.0. The molecule has 0 aromatic carbocycles. The van der Waals surface area contributed by atoms with Crippen LogP contribution >= 0.6 is 30.4 Å². The molecular formula is C7H14N2Na4O14P4. The first-order valence-electron chi connectivity index (χ1n) is 6.42.